The molecule has 2 nitrogen and oxygen atoms in total. The third-order valence-electron chi connectivity index (χ3n) is 1.98. The minimum atomic E-state index is -0.0866. The van der Waals surface area contributed by atoms with Gasteiger partial charge in [0, 0.05) is 4.47 Å². The van der Waals surface area contributed by atoms with Crippen LogP contribution in [0, 0.1) is 0 Å². The summed E-state index contributed by atoms with van der Waals surface area (Å²) in [7, 11) is 0. The average molecular weight is 287 g/mol. The second kappa shape index (κ2) is 6.38. The van der Waals surface area contributed by atoms with Crippen molar-refractivity contribution in [2.45, 2.75) is 33.0 Å². The van der Waals surface area contributed by atoms with Gasteiger partial charge in [0.1, 0.15) is 0 Å². The van der Waals surface area contributed by atoms with Crippen LogP contribution in [0.25, 0.3) is 0 Å². The first kappa shape index (κ1) is 13.7. The van der Waals surface area contributed by atoms with E-state index in [0.717, 1.165) is 4.47 Å². The van der Waals surface area contributed by atoms with Crippen LogP contribution in [-0.2, 0) is 16.1 Å². The Morgan fingerprint density at radius 1 is 1.12 bits per heavy atom. The molecular weight excluding hydrogens is 268 g/mol. The lowest BCUT2D eigenvalue weighted by Gasteiger charge is -2.19. The monoisotopic (exact) mass is 286 g/mol. The maximum Gasteiger partial charge on any atom is 0.0728 e. The van der Waals surface area contributed by atoms with Crippen molar-refractivity contribution >= 4 is 15.9 Å². The fourth-order valence-corrected chi connectivity index (χ4v) is 1.60. The predicted octanol–water partition coefficient (Wildman–Crippen LogP) is 3.78. The number of hydrogen-bond acceptors (Lipinski definition) is 2. The minimum Gasteiger partial charge on any atom is -0.374 e. The fourth-order valence-electron chi connectivity index (χ4n) is 1.20. The zero-order chi connectivity index (χ0) is 12.0. The first-order valence-corrected chi connectivity index (χ1v) is 6.23. The third-order valence-corrected chi connectivity index (χ3v) is 2.75. The highest BCUT2D eigenvalue weighted by Crippen LogP contribution is 2.16. The number of ether oxygens (including phenoxy) is 2. The van der Waals surface area contributed by atoms with Gasteiger partial charge in [-0.2, -0.15) is 0 Å². The molecule has 1 aromatic rings. The molecule has 0 saturated carbocycles. The molecule has 1 rings (SSSR count). The normalized spacial score (nSPS) is 11.8. The molecule has 3 heteroatoms. The SMILES string of the molecule is CC(C)(C)OCCOCc1ccccc1Br. The topological polar surface area (TPSA) is 18.5 Å². The molecule has 0 aliphatic heterocycles. The lowest BCUT2D eigenvalue weighted by Crippen LogP contribution is -2.21. The average Bonchev–Trinajstić information content (AvgIpc) is 2.18. The van der Waals surface area contributed by atoms with Crippen molar-refractivity contribution in [3.63, 3.8) is 0 Å². The molecule has 0 aliphatic carbocycles. The highest BCUT2D eigenvalue weighted by molar-refractivity contribution is 9.10. The Kier molecular flexibility index (Phi) is 5.46. The van der Waals surface area contributed by atoms with Crippen molar-refractivity contribution in [1.29, 1.82) is 0 Å². The van der Waals surface area contributed by atoms with Gasteiger partial charge in [0.2, 0.25) is 0 Å². The van der Waals surface area contributed by atoms with Crippen LogP contribution in [0.4, 0.5) is 0 Å². The smallest absolute Gasteiger partial charge is 0.0728 e. The molecule has 16 heavy (non-hydrogen) atoms. The van der Waals surface area contributed by atoms with Gasteiger partial charge in [-0.1, -0.05) is 34.1 Å². The van der Waals surface area contributed by atoms with Crippen LogP contribution in [0.5, 0.6) is 0 Å². The maximum absolute atomic E-state index is 5.56. The van der Waals surface area contributed by atoms with E-state index in [-0.39, 0.29) is 5.60 Å². The Hall–Kier alpha value is -0.380. The summed E-state index contributed by atoms with van der Waals surface area (Å²) < 4.78 is 12.2. The van der Waals surface area contributed by atoms with Crippen LogP contribution in [0.2, 0.25) is 0 Å². The van der Waals surface area contributed by atoms with Gasteiger partial charge in [-0.15, -0.1) is 0 Å². The zero-order valence-corrected chi connectivity index (χ0v) is 11.7. The molecule has 1 aromatic carbocycles. The maximum atomic E-state index is 5.56. The van der Waals surface area contributed by atoms with Crippen molar-refractivity contribution in [3.05, 3.63) is 34.3 Å². The Morgan fingerprint density at radius 3 is 2.44 bits per heavy atom. The molecule has 0 unspecified atom stereocenters. The molecular formula is C13H19BrO2. The summed E-state index contributed by atoms with van der Waals surface area (Å²) in [5, 5.41) is 0. The summed E-state index contributed by atoms with van der Waals surface area (Å²) in [4.78, 5) is 0. The summed E-state index contributed by atoms with van der Waals surface area (Å²) in [6.45, 7) is 8.00. The summed E-state index contributed by atoms with van der Waals surface area (Å²) in [6.07, 6.45) is 0. The van der Waals surface area contributed by atoms with E-state index >= 15 is 0 Å². The molecule has 0 N–H and O–H groups in total. The van der Waals surface area contributed by atoms with Gasteiger partial charge in [-0.05, 0) is 32.4 Å². The third kappa shape index (κ3) is 5.64. The molecule has 90 valence electrons. The van der Waals surface area contributed by atoms with Gasteiger partial charge in [0.15, 0.2) is 0 Å². The summed E-state index contributed by atoms with van der Waals surface area (Å²) >= 11 is 3.49. The quantitative estimate of drug-likeness (QED) is 0.767. The summed E-state index contributed by atoms with van der Waals surface area (Å²) in [5.74, 6) is 0. The van der Waals surface area contributed by atoms with Crippen molar-refractivity contribution in [1.82, 2.24) is 0 Å². The van der Waals surface area contributed by atoms with Crippen LogP contribution in [0.1, 0.15) is 26.3 Å². The van der Waals surface area contributed by atoms with Crippen LogP contribution < -0.4 is 0 Å². The van der Waals surface area contributed by atoms with E-state index in [0.29, 0.717) is 19.8 Å². The molecule has 0 bridgehead atoms. The summed E-state index contributed by atoms with van der Waals surface area (Å²) in [5.41, 5.74) is 1.08. The Balaban J connectivity index is 2.19. The van der Waals surface area contributed by atoms with Gasteiger partial charge in [-0.25, -0.2) is 0 Å². The summed E-state index contributed by atoms with van der Waals surface area (Å²) in [6, 6.07) is 8.07. The lowest BCUT2D eigenvalue weighted by molar-refractivity contribution is -0.0377. The van der Waals surface area contributed by atoms with E-state index in [1.165, 1.54) is 5.56 Å². The molecule has 0 spiro atoms. The van der Waals surface area contributed by atoms with Crippen LogP contribution in [-0.4, -0.2) is 18.8 Å². The van der Waals surface area contributed by atoms with Gasteiger partial charge >= 0.3 is 0 Å². The van der Waals surface area contributed by atoms with Crippen LogP contribution >= 0.6 is 15.9 Å². The highest BCUT2D eigenvalue weighted by Gasteiger charge is 2.09. The van der Waals surface area contributed by atoms with E-state index in [1.54, 1.807) is 0 Å². The van der Waals surface area contributed by atoms with Crippen LogP contribution in [0.3, 0.4) is 0 Å². The number of halogens is 1. The van der Waals surface area contributed by atoms with Gasteiger partial charge in [0.25, 0.3) is 0 Å². The Bertz CT molecular complexity index is 318. The molecule has 0 aromatic heterocycles. The molecule has 0 atom stereocenters. The zero-order valence-electron chi connectivity index (χ0n) is 10.1. The van der Waals surface area contributed by atoms with E-state index in [1.807, 2.05) is 39.0 Å². The van der Waals surface area contributed by atoms with Crippen molar-refractivity contribution in [2.75, 3.05) is 13.2 Å². The first-order chi connectivity index (χ1) is 7.49. The number of benzene rings is 1. The minimum absolute atomic E-state index is 0.0866. The standard InChI is InChI=1S/C13H19BrO2/c1-13(2,3)16-9-8-15-10-11-6-4-5-7-12(11)14/h4-7H,8-10H2,1-3H3. The van der Waals surface area contributed by atoms with Crippen molar-refractivity contribution in [3.8, 4) is 0 Å². The van der Waals surface area contributed by atoms with E-state index in [9.17, 15) is 0 Å². The van der Waals surface area contributed by atoms with Crippen molar-refractivity contribution < 1.29 is 9.47 Å². The second-order valence-corrected chi connectivity index (χ2v) is 5.46. The highest BCUT2D eigenvalue weighted by atomic mass is 79.9. The second-order valence-electron chi connectivity index (χ2n) is 4.60. The molecule has 0 radical (unpaired) electrons. The Morgan fingerprint density at radius 2 is 1.81 bits per heavy atom. The van der Waals surface area contributed by atoms with Gasteiger partial charge in [-0.3, -0.25) is 0 Å². The Labute approximate surface area is 106 Å². The molecule has 0 heterocycles. The van der Waals surface area contributed by atoms with Crippen molar-refractivity contribution in [2.24, 2.45) is 0 Å². The van der Waals surface area contributed by atoms with E-state index in [2.05, 4.69) is 22.0 Å². The largest absolute Gasteiger partial charge is 0.374 e. The molecule has 0 amide bonds. The molecule has 0 fully saturated rings. The first-order valence-electron chi connectivity index (χ1n) is 5.44. The predicted molar refractivity (Wildman–Crippen MR) is 69.5 cm³/mol. The molecule has 0 aliphatic rings. The lowest BCUT2D eigenvalue weighted by atomic mass is 10.2. The number of hydrogen-bond donors (Lipinski definition) is 0. The van der Waals surface area contributed by atoms with Crippen LogP contribution in [0.15, 0.2) is 28.7 Å². The van der Waals surface area contributed by atoms with Gasteiger partial charge in [0.05, 0.1) is 25.4 Å². The number of rotatable bonds is 5. The molecule has 0 saturated heterocycles. The van der Waals surface area contributed by atoms with E-state index < -0.39 is 0 Å². The van der Waals surface area contributed by atoms with E-state index in [4.69, 9.17) is 9.47 Å². The van der Waals surface area contributed by atoms with Gasteiger partial charge < -0.3 is 9.47 Å². The fraction of sp³-hybridized carbons (Fsp3) is 0.538.